The third-order valence-corrected chi connectivity index (χ3v) is 2.84. The molecule has 0 aliphatic heterocycles. The van der Waals surface area contributed by atoms with Gasteiger partial charge in [0.2, 0.25) is 0 Å². The molecule has 0 aliphatic rings. The highest BCUT2D eigenvalue weighted by Gasteiger charge is 2.11. The number of hydrogen-bond donors (Lipinski definition) is 2. The molecule has 2 aromatic rings. The molecule has 3 N–H and O–H groups in total. The summed E-state index contributed by atoms with van der Waals surface area (Å²) in [5, 5.41) is 2.84. The minimum Gasteiger partial charge on any atom is -0.384 e. The van der Waals surface area contributed by atoms with Gasteiger partial charge in [0.05, 0.1) is 0 Å². The molecule has 1 atom stereocenters. The number of amides is 1. The first-order valence-electron chi connectivity index (χ1n) is 6.32. The van der Waals surface area contributed by atoms with E-state index in [1.807, 2.05) is 6.92 Å². The molecule has 0 saturated heterocycles. The van der Waals surface area contributed by atoms with Crippen LogP contribution in [0.4, 0.5) is 10.2 Å². The topological polar surface area (TPSA) is 68.0 Å². The molecular formula is C15H16FN3O. The van der Waals surface area contributed by atoms with Gasteiger partial charge in [-0.3, -0.25) is 4.79 Å². The summed E-state index contributed by atoms with van der Waals surface area (Å²) in [6.07, 6.45) is 0.619. The molecule has 1 aromatic carbocycles. The Morgan fingerprint density at radius 1 is 1.30 bits per heavy atom. The SMILES string of the molecule is CC(Cc1ccc(F)cc1)NC(=O)c1cccc(N)n1. The van der Waals surface area contributed by atoms with Crippen LogP contribution in [0, 0.1) is 5.82 Å². The number of aromatic nitrogens is 1. The summed E-state index contributed by atoms with van der Waals surface area (Å²) < 4.78 is 12.8. The van der Waals surface area contributed by atoms with Gasteiger partial charge in [0.1, 0.15) is 17.3 Å². The molecule has 20 heavy (non-hydrogen) atoms. The number of anilines is 1. The van der Waals surface area contributed by atoms with E-state index in [4.69, 9.17) is 5.73 Å². The maximum absolute atomic E-state index is 12.8. The van der Waals surface area contributed by atoms with Crippen molar-refractivity contribution in [3.05, 3.63) is 59.5 Å². The van der Waals surface area contributed by atoms with Crippen molar-refractivity contribution in [3.63, 3.8) is 0 Å². The van der Waals surface area contributed by atoms with Gasteiger partial charge in [-0.25, -0.2) is 9.37 Å². The number of halogens is 1. The fourth-order valence-corrected chi connectivity index (χ4v) is 1.90. The summed E-state index contributed by atoms with van der Waals surface area (Å²) in [5.41, 5.74) is 6.78. The molecule has 1 amide bonds. The zero-order valence-electron chi connectivity index (χ0n) is 11.1. The van der Waals surface area contributed by atoms with Gasteiger partial charge in [0.15, 0.2) is 0 Å². The Bertz CT molecular complexity index is 598. The molecule has 1 heterocycles. The van der Waals surface area contributed by atoms with E-state index in [-0.39, 0.29) is 23.5 Å². The minimum atomic E-state index is -0.271. The fraction of sp³-hybridized carbons (Fsp3) is 0.200. The van der Waals surface area contributed by atoms with Crippen molar-refractivity contribution in [2.45, 2.75) is 19.4 Å². The molecule has 0 fully saturated rings. The van der Waals surface area contributed by atoms with Gasteiger partial charge in [0.25, 0.3) is 5.91 Å². The Hall–Kier alpha value is -2.43. The maximum Gasteiger partial charge on any atom is 0.270 e. The van der Waals surface area contributed by atoms with E-state index in [1.54, 1.807) is 30.3 Å². The second-order valence-electron chi connectivity index (χ2n) is 4.65. The molecule has 1 unspecified atom stereocenters. The lowest BCUT2D eigenvalue weighted by Crippen LogP contribution is -2.34. The molecule has 1 aromatic heterocycles. The Balaban J connectivity index is 1.95. The van der Waals surface area contributed by atoms with Crippen LogP contribution < -0.4 is 11.1 Å². The van der Waals surface area contributed by atoms with E-state index >= 15 is 0 Å². The molecular weight excluding hydrogens is 257 g/mol. The average molecular weight is 273 g/mol. The maximum atomic E-state index is 12.8. The van der Waals surface area contributed by atoms with Crippen molar-refractivity contribution in [2.24, 2.45) is 0 Å². The van der Waals surface area contributed by atoms with Gasteiger partial charge in [-0.2, -0.15) is 0 Å². The predicted molar refractivity (Wildman–Crippen MR) is 75.7 cm³/mol. The van der Waals surface area contributed by atoms with Crippen molar-refractivity contribution >= 4 is 11.7 Å². The quantitative estimate of drug-likeness (QED) is 0.897. The number of hydrogen-bond acceptors (Lipinski definition) is 3. The van der Waals surface area contributed by atoms with Crippen LogP contribution in [0.3, 0.4) is 0 Å². The van der Waals surface area contributed by atoms with Crippen molar-refractivity contribution in [3.8, 4) is 0 Å². The van der Waals surface area contributed by atoms with Crippen molar-refractivity contribution < 1.29 is 9.18 Å². The first kappa shape index (κ1) is 14.0. The lowest BCUT2D eigenvalue weighted by molar-refractivity contribution is 0.0935. The Morgan fingerprint density at radius 3 is 2.65 bits per heavy atom. The summed E-state index contributed by atoms with van der Waals surface area (Å²) in [5.74, 6) is -0.231. The van der Waals surface area contributed by atoms with E-state index in [2.05, 4.69) is 10.3 Å². The first-order valence-corrected chi connectivity index (χ1v) is 6.32. The van der Waals surface area contributed by atoms with E-state index in [0.717, 1.165) is 5.56 Å². The van der Waals surface area contributed by atoms with Gasteiger partial charge in [-0.1, -0.05) is 18.2 Å². The number of rotatable bonds is 4. The van der Waals surface area contributed by atoms with Crippen molar-refractivity contribution in [2.75, 3.05) is 5.73 Å². The fourth-order valence-electron chi connectivity index (χ4n) is 1.90. The molecule has 0 spiro atoms. The summed E-state index contributed by atoms with van der Waals surface area (Å²) in [4.78, 5) is 15.9. The normalized spacial score (nSPS) is 11.9. The zero-order chi connectivity index (χ0) is 14.5. The van der Waals surface area contributed by atoms with Crippen LogP contribution in [0.5, 0.6) is 0 Å². The number of pyridine rings is 1. The Kier molecular flexibility index (Phi) is 4.30. The van der Waals surface area contributed by atoms with Gasteiger partial charge < -0.3 is 11.1 Å². The van der Waals surface area contributed by atoms with Crippen LogP contribution >= 0.6 is 0 Å². The summed E-state index contributed by atoms with van der Waals surface area (Å²) >= 11 is 0. The summed E-state index contributed by atoms with van der Waals surface area (Å²) in [6.45, 7) is 1.88. The lowest BCUT2D eigenvalue weighted by Gasteiger charge is -2.13. The Morgan fingerprint density at radius 2 is 2.00 bits per heavy atom. The second-order valence-corrected chi connectivity index (χ2v) is 4.65. The van der Waals surface area contributed by atoms with E-state index in [9.17, 15) is 9.18 Å². The van der Waals surface area contributed by atoms with Crippen LogP contribution in [-0.4, -0.2) is 16.9 Å². The summed E-state index contributed by atoms with van der Waals surface area (Å²) in [7, 11) is 0. The second kappa shape index (κ2) is 6.14. The van der Waals surface area contributed by atoms with E-state index < -0.39 is 0 Å². The largest absolute Gasteiger partial charge is 0.384 e. The van der Waals surface area contributed by atoms with Crippen LogP contribution in [0.25, 0.3) is 0 Å². The molecule has 4 nitrogen and oxygen atoms in total. The minimum absolute atomic E-state index is 0.0869. The number of carbonyl (C=O) groups is 1. The smallest absolute Gasteiger partial charge is 0.270 e. The molecule has 0 bridgehead atoms. The molecule has 0 aliphatic carbocycles. The predicted octanol–water partition coefficient (Wildman–Crippen LogP) is 2.16. The number of carbonyl (C=O) groups excluding carboxylic acids is 1. The molecule has 104 valence electrons. The number of nitrogens with zero attached hydrogens (tertiary/aromatic N) is 1. The average Bonchev–Trinajstić information content (AvgIpc) is 2.41. The van der Waals surface area contributed by atoms with Crippen LogP contribution in [0.1, 0.15) is 23.0 Å². The van der Waals surface area contributed by atoms with Crippen LogP contribution in [-0.2, 0) is 6.42 Å². The van der Waals surface area contributed by atoms with Crippen molar-refractivity contribution in [1.82, 2.24) is 10.3 Å². The van der Waals surface area contributed by atoms with Gasteiger partial charge >= 0.3 is 0 Å². The summed E-state index contributed by atoms with van der Waals surface area (Å²) in [6, 6.07) is 11.0. The molecule has 0 radical (unpaired) electrons. The third kappa shape index (κ3) is 3.78. The zero-order valence-corrected chi connectivity index (χ0v) is 11.1. The van der Waals surface area contributed by atoms with E-state index in [0.29, 0.717) is 12.2 Å². The standard InChI is InChI=1S/C15H16FN3O/c1-10(9-11-5-7-12(16)8-6-11)18-15(20)13-3-2-4-14(17)19-13/h2-8,10H,9H2,1H3,(H2,17,19)(H,18,20). The van der Waals surface area contributed by atoms with Crippen LogP contribution in [0.15, 0.2) is 42.5 Å². The number of benzene rings is 1. The lowest BCUT2D eigenvalue weighted by atomic mass is 10.1. The molecule has 0 saturated carbocycles. The van der Waals surface area contributed by atoms with Crippen molar-refractivity contribution in [1.29, 1.82) is 0 Å². The van der Waals surface area contributed by atoms with Crippen LogP contribution in [0.2, 0.25) is 0 Å². The number of nitrogens with one attached hydrogen (secondary N) is 1. The number of nitrogens with two attached hydrogens (primary N) is 1. The number of nitrogen functional groups attached to an aromatic ring is 1. The third-order valence-electron chi connectivity index (χ3n) is 2.84. The molecule has 2 rings (SSSR count). The van der Waals surface area contributed by atoms with Gasteiger partial charge in [0, 0.05) is 6.04 Å². The monoisotopic (exact) mass is 273 g/mol. The highest BCUT2D eigenvalue weighted by atomic mass is 19.1. The highest BCUT2D eigenvalue weighted by Crippen LogP contribution is 2.07. The molecule has 5 heteroatoms. The van der Waals surface area contributed by atoms with Gasteiger partial charge in [-0.15, -0.1) is 0 Å². The highest BCUT2D eigenvalue weighted by molar-refractivity contribution is 5.92. The first-order chi connectivity index (χ1) is 9.54. The van der Waals surface area contributed by atoms with E-state index in [1.165, 1.54) is 12.1 Å². The van der Waals surface area contributed by atoms with Gasteiger partial charge in [-0.05, 0) is 43.2 Å². The Labute approximate surface area is 116 Å².